The number of aromatic nitrogens is 2. The highest BCUT2D eigenvalue weighted by molar-refractivity contribution is 7.90. The standard InChI is InChI=1S/C32H30N4O4S/c37-30(33-20-22-34(23-21-33)31(25-12-4-1-5-13-25)26-14-6-2-7-15-26)24-35-28-18-10-11-19-29(28)36(32(35)38)41(39,40)27-16-8-3-9-17-27/h1-19,31H,20-24H2. The first-order valence-electron chi connectivity index (χ1n) is 13.6. The topological polar surface area (TPSA) is 84.6 Å². The molecule has 0 bridgehead atoms. The lowest BCUT2D eigenvalue weighted by Gasteiger charge is -2.39. The third kappa shape index (κ3) is 5.10. The SMILES string of the molecule is O=C(Cn1c(=O)n(S(=O)(=O)c2ccccc2)c2ccccc21)N1CCN(C(c2ccccc2)c2ccccc2)CC1. The van der Waals surface area contributed by atoms with Crippen LogP contribution in [-0.2, 0) is 21.4 Å². The van der Waals surface area contributed by atoms with Crippen molar-refractivity contribution in [3.8, 4) is 0 Å². The number of fused-ring (bicyclic) bond motifs is 1. The minimum absolute atomic E-state index is 0.0128. The maximum Gasteiger partial charge on any atom is 0.343 e. The molecule has 5 aromatic rings. The van der Waals surface area contributed by atoms with Gasteiger partial charge in [-0.15, -0.1) is 0 Å². The highest BCUT2D eigenvalue weighted by atomic mass is 32.2. The van der Waals surface area contributed by atoms with Gasteiger partial charge in [0.2, 0.25) is 5.91 Å². The molecule has 0 aliphatic carbocycles. The zero-order valence-corrected chi connectivity index (χ0v) is 23.2. The van der Waals surface area contributed by atoms with Gasteiger partial charge >= 0.3 is 5.69 Å². The van der Waals surface area contributed by atoms with Crippen LogP contribution in [0.5, 0.6) is 0 Å². The maximum absolute atomic E-state index is 13.5. The molecule has 1 aromatic heterocycles. The molecule has 6 rings (SSSR count). The van der Waals surface area contributed by atoms with Crippen LogP contribution in [0.3, 0.4) is 0 Å². The summed E-state index contributed by atoms with van der Waals surface area (Å²) in [5, 5.41) is 0. The molecule has 0 unspecified atom stereocenters. The first-order chi connectivity index (χ1) is 19.9. The fourth-order valence-electron chi connectivity index (χ4n) is 5.61. The summed E-state index contributed by atoms with van der Waals surface area (Å²) < 4.78 is 29.0. The van der Waals surface area contributed by atoms with Crippen molar-refractivity contribution in [1.29, 1.82) is 0 Å². The van der Waals surface area contributed by atoms with Crippen LogP contribution in [0.1, 0.15) is 17.2 Å². The first kappa shape index (κ1) is 26.7. The van der Waals surface area contributed by atoms with Crippen molar-refractivity contribution in [1.82, 2.24) is 18.3 Å². The Morgan fingerprint density at radius 3 is 1.71 bits per heavy atom. The maximum atomic E-state index is 13.5. The van der Waals surface area contributed by atoms with Crippen molar-refractivity contribution in [3.05, 3.63) is 137 Å². The molecule has 2 heterocycles. The van der Waals surface area contributed by atoms with Crippen molar-refractivity contribution < 1.29 is 13.2 Å². The van der Waals surface area contributed by atoms with Gasteiger partial charge in [0.15, 0.2) is 0 Å². The lowest BCUT2D eigenvalue weighted by molar-refractivity contribution is -0.133. The summed E-state index contributed by atoms with van der Waals surface area (Å²) in [5.74, 6) is -0.220. The predicted octanol–water partition coefficient (Wildman–Crippen LogP) is 3.97. The molecular weight excluding hydrogens is 536 g/mol. The van der Waals surface area contributed by atoms with Crippen LogP contribution in [0.25, 0.3) is 11.0 Å². The summed E-state index contributed by atoms with van der Waals surface area (Å²) in [7, 11) is -4.15. The third-order valence-electron chi connectivity index (χ3n) is 7.63. The average molecular weight is 567 g/mol. The second-order valence-corrected chi connectivity index (χ2v) is 11.9. The molecule has 208 valence electrons. The van der Waals surface area contributed by atoms with Gasteiger partial charge in [0.25, 0.3) is 10.0 Å². The second kappa shape index (κ2) is 11.2. The number of carbonyl (C=O) groups excluding carboxylic acids is 1. The normalized spacial score (nSPS) is 14.5. The molecular formula is C32H30N4O4S. The number of hydrogen-bond donors (Lipinski definition) is 0. The number of para-hydroxylation sites is 2. The number of rotatable bonds is 7. The summed E-state index contributed by atoms with van der Waals surface area (Å²) >= 11 is 0. The molecule has 0 spiro atoms. The van der Waals surface area contributed by atoms with Gasteiger partial charge in [0.1, 0.15) is 6.54 Å². The molecule has 1 amide bonds. The summed E-state index contributed by atoms with van der Waals surface area (Å²) in [6.45, 7) is 2.10. The van der Waals surface area contributed by atoms with Gasteiger partial charge in [-0.25, -0.2) is 13.2 Å². The number of nitrogens with zero attached hydrogens (tertiary/aromatic N) is 4. The van der Waals surface area contributed by atoms with E-state index in [1.807, 2.05) is 36.4 Å². The monoisotopic (exact) mass is 566 g/mol. The zero-order chi connectivity index (χ0) is 28.4. The van der Waals surface area contributed by atoms with Gasteiger partial charge < -0.3 is 4.90 Å². The Morgan fingerprint density at radius 2 is 1.15 bits per heavy atom. The van der Waals surface area contributed by atoms with Crippen molar-refractivity contribution in [2.45, 2.75) is 17.5 Å². The van der Waals surface area contributed by atoms with Crippen molar-refractivity contribution in [2.24, 2.45) is 0 Å². The third-order valence-corrected chi connectivity index (χ3v) is 9.33. The van der Waals surface area contributed by atoms with E-state index in [0.29, 0.717) is 31.7 Å². The van der Waals surface area contributed by atoms with E-state index in [9.17, 15) is 18.0 Å². The molecule has 1 saturated heterocycles. The lowest BCUT2D eigenvalue weighted by atomic mass is 9.96. The van der Waals surface area contributed by atoms with E-state index in [1.54, 1.807) is 47.4 Å². The molecule has 4 aromatic carbocycles. The summed E-state index contributed by atoms with van der Waals surface area (Å²) in [6.07, 6.45) is 0. The van der Waals surface area contributed by atoms with Gasteiger partial charge in [0.05, 0.1) is 22.0 Å². The van der Waals surface area contributed by atoms with Crippen molar-refractivity contribution in [3.63, 3.8) is 0 Å². The Labute approximate surface area is 238 Å². The van der Waals surface area contributed by atoms with Gasteiger partial charge in [0, 0.05) is 26.2 Å². The molecule has 1 aliphatic rings. The van der Waals surface area contributed by atoms with E-state index >= 15 is 0 Å². The Bertz CT molecular complexity index is 1790. The minimum atomic E-state index is -4.15. The summed E-state index contributed by atoms with van der Waals surface area (Å²) in [6, 6.07) is 35.3. The number of benzene rings is 4. The number of amides is 1. The molecule has 0 atom stereocenters. The first-order valence-corrected chi connectivity index (χ1v) is 15.0. The van der Waals surface area contributed by atoms with Crippen LogP contribution in [0.15, 0.2) is 125 Å². The smallest absolute Gasteiger partial charge is 0.339 e. The van der Waals surface area contributed by atoms with Gasteiger partial charge in [-0.1, -0.05) is 91.0 Å². The van der Waals surface area contributed by atoms with Gasteiger partial charge in [-0.3, -0.25) is 14.3 Å². The molecule has 0 N–H and O–H groups in total. The number of carbonyl (C=O) groups is 1. The predicted molar refractivity (Wildman–Crippen MR) is 158 cm³/mol. The summed E-state index contributed by atoms with van der Waals surface area (Å²) in [5.41, 5.74) is 2.27. The van der Waals surface area contributed by atoms with Crippen LogP contribution >= 0.6 is 0 Å². The van der Waals surface area contributed by atoms with Crippen LogP contribution in [-0.4, -0.2) is 58.8 Å². The fourth-order valence-corrected chi connectivity index (χ4v) is 7.04. The molecule has 8 nitrogen and oxygen atoms in total. The van der Waals surface area contributed by atoms with Crippen molar-refractivity contribution in [2.75, 3.05) is 26.2 Å². The Morgan fingerprint density at radius 1 is 0.659 bits per heavy atom. The number of hydrogen-bond acceptors (Lipinski definition) is 5. The van der Waals surface area contributed by atoms with Gasteiger partial charge in [-0.05, 0) is 35.4 Å². The van der Waals surface area contributed by atoms with E-state index in [1.165, 1.54) is 27.8 Å². The van der Waals surface area contributed by atoms with E-state index < -0.39 is 15.7 Å². The van der Waals surface area contributed by atoms with E-state index in [2.05, 4.69) is 29.2 Å². The van der Waals surface area contributed by atoms with Crippen molar-refractivity contribution >= 4 is 27.0 Å². The van der Waals surface area contributed by atoms with Gasteiger partial charge in [-0.2, -0.15) is 3.97 Å². The molecule has 41 heavy (non-hydrogen) atoms. The number of imidazole rings is 1. The zero-order valence-electron chi connectivity index (χ0n) is 22.4. The van der Waals surface area contributed by atoms with Crippen LogP contribution in [0, 0.1) is 0 Å². The quantitative estimate of drug-likeness (QED) is 0.298. The molecule has 1 fully saturated rings. The van der Waals surface area contributed by atoms with Crippen LogP contribution < -0.4 is 5.69 Å². The van der Waals surface area contributed by atoms with E-state index in [-0.39, 0.29) is 28.9 Å². The van der Waals surface area contributed by atoms with Crippen LogP contribution in [0.4, 0.5) is 0 Å². The fraction of sp³-hybridized carbons (Fsp3) is 0.188. The minimum Gasteiger partial charge on any atom is -0.339 e. The highest BCUT2D eigenvalue weighted by Crippen LogP contribution is 2.29. The van der Waals surface area contributed by atoms with Crippen LogP contribution in [0.2, 0.25) is 0 Å². The van der Waals surface area contributed by atoms with E-state index in [4.69, 9.17) is 0 Å². The Hall–Kier alpha value is -4.47. The molecule has 1 aliphatic heterocycles. The average Bonchev–Trinajstić information content (AvgIpc) is 3.30. The Kier molecular flexibility index (Phi) is 7.30. The molecule has 9 heteroatoms. The second-order valence-electron chi connectivity index (χ2n) is 10.1. The summed E-state index contributed by atoms with van der Waals surface area (Å²) in [4.78, 5) is 31.2. The molecule has 0 saturated carbocycles. The molecule has 0 radical (unpaired) electrons. The number of piperazine rings is 1. The van der Waals surface area contributed by atoms with E-state index in [0.717, 1.165) is 3.97 Å². The Balaban J connectivity index is 1.24. The highest BCUT2D eigenvalue weighted by Gasteiger charge is 2.30. The largest absolute Gasteiger partial charge is 0.343 e. The lowest BCUT2D eigenvalue weighted by Crippen LogP contribution is -2.51.